The minimum atomic E-state index is -0.226. The van der Waals surface area contributed by atoms with Gasteiger partial charge in [0.2, 0.25) is 0 Å². The monoisotopic (exact) mass is 102 g/mol. The summed E-state index contributed by atoms with van der Waals surface area (Å²) in [6, 6.07) is 0.125. The van der Waals surface area contributed by atoms with E-state index in [1.165, 1.54) is 0 Å². The fourth-order valence-electron chi connectivity index (χ4n) is 0.735. The Morgan fingerprint density at radius 2 is 2.71 bits per heavy atom. The van der Waals surface area contributed by atoms with Crippen LogP contribution in [-0.4, -0.2) is 19.3 Å². The molecule has 0 amide bonds. The molecular formula is C5H9FN. The third kappa shape index (κ3) is 1.13. The first kappa shape index (κ1) is 5.04. The molecule has 1 aliphatic rings. The van der Waals surface area contributed by atoms with Gasteiger partial charge in [0.1, 0.15) is 6.67 Å². The van der Waals surface area contributed by atoms with E-state index in [4.69, 9.17) is 0 Å². The summed E-state index contributed by atoms with van der Waals surface area (Å²) in [5.41, 5.74) is 0. The van der Waals surface area contributed by atoms with Gasteiger partial charge in [0, 0.05) is 6.04 Å². The molecule has 0 aromatic carbocycles. The van der Waals surface area contributed by atoms with E-state index < -0.39 is 0 Å². The van der Waals surface area contributed by atoms with Crippen LogP contribution >= 0.6 is 0 Å². The van der Waals surface area contributed by atoms with Gasteiger partial charge in [0.25, 0.3) is 0 Å². The van der Waals surface area contributed by atoms with Gasteiger partial charge in [-0.1, -0.05) is 0 Å². The Labute approximate surface area is 42.9 Å². The van der Waals surface area contributed by atoms with Crippen LogP contribution in [0.1, 0.15) is 6.42 Å². The lowest BCUT2D eigenvalue weighted by Gasteiger charge is -1.99. The van der Waals surface area contributed by atoms with Crippen LogP contribution in [0, 0.1) is 6.42 Å². The van der Waals surface area contributed by atoms with Gasteiger partial charge in [-0.25, -0.2) is 4.39 Å². The second-order valence-corrected chi connectivity index (χ2v) is 1.78. The second-order valence-electron chi connectivity index (χ2n) is 1.78. The molecule has 0 unspecified atom stereocenters. The highest BCUT2D eigenvalue weighted by Crippen LogP contribution is 2.02. The molecule has 0 aliphatic carbocycles. The number of hydrogen-bond donors (Lipinski definition) is 1. The molecule has 1 saturated heterocycles. The Balaban J connectivity index is 2.14. The molecule has 2 heteroatoms. The molecule has 0 aromatic rings. The summed E-state index contributed by atoms with van der Waals surface area (Å²) in [5.74, 6) is 0. The van der Waals surface area contributed by atoms with Crippen molar-refractivity contribution in [2.24, 2.45) is 0 Å². The second kappa shape index (κ2) is 2.26. The van der Waals surface area contributed by atoms with Gasteiger partial charge in [-0.2, -0.15) is 0 Å². The van der Waals surface area contributed by atoms with Gasteiger partial charge >= 0.3 is 0 Å². The van der Waals surface area contributed by atoms with E-state index >= 15 is 0 Å². The number of hydrogen-bond acceptors (Lipinski definition) is 1. The smallest absolute Gasteiger partial charge is 0.105 e. The van der Waals surface area contributed by atoms with Crippen molar-refractivity contribution in [3.8, 4) is 0 Å². The van der Waals surface area contributed by atoms with Crippen LogP contribution in [0.5, 0.6) is 0 Å². The van der Waals surface area contributed by atoms with Crippen LogP contribution in [-0.2, 0) is 0 Å². The van der Waals surface area contributed by atoms with E-state index in [9.17, 15) is 4.39 Å². The van der Waals surface area contributed by atoms with E-state index in [1.54, 1.807) is 0 Å². The molecular weight excluding hydrogens is 93.1 g/mol. The lowest BCUT2D eigenvalue weighted by molar-refractivity contribution is 0.407. The molecule has 1 rings (SSSR count). The van der Waals surface area contributed by atoms with Crippen LogP contribution < -0.4 is 5.32 Å². The van der Waals surface area contributed by atoms with Gasteiger partial charge in [0.05, 0.1) is 0 Å². The van der Waals surface area contributed by atoms with Gasteiger partial charge in [0.15, 0.2) is 0 Å². The van der Waals surface area contributed by atoms with Crippen molar-refractivity contribution >= 4 is 0 Å². The summed E-state index contributed by atoms with van der Waals surface area (Å²) < 4.78 is 11.6. The molecule has 1 fully saturated rings. The van der Waals surface area contributed by atoms with E-state index in [0.717, 1.165) is 13.0 Å². The largest absolute Gasteiger partial charge is 0.311 e. The van der Waals surface area contributed by atoms with Crippen molar-refractivity contribution < 1.29 is 4.39 Å². The highest BCUT2D eigenvalue weighted by atomic mass is 19.1. The lowest BCUT2D eigenvalue weighted by Crippen LogP contribution is -2.22. The van der Waals surface area contributed by atoms with Gasteiger partial charge in [-0.3, -0.25) is 0 Å². The number of nitrogens with one attached hydrogen (secondary N) is 1. The van der Waals surface area contributed by atoms with Gasteiger partial charge in [-0.05, 0) is 19.4 Å². The topological polar surface area (TPSA) is 12.0 Å². The highest BCUT2D eigenvalue weighted by molar-refractivity contribution is 4.85. The van der Waals surface area contributed by atoms with E-state index in [2.05, 4.69) is 11.7 Å². The first-order valence-corrected chi connectivity index (χ1v) is 2.54. The fourth-order valence-corrected chi connectivity index (χ4v) is 0.735. The van der Waals surface area contributed by atoms with Crippen molar-refractivity contribution in [1.82, 2.24) is 5.32 Å². The Morgan fingerprint density at radius 1 is 1.86 bits per heavy atom. The molecule has 1 atom stereocenters. The lowest BCUT2D eigenvalue weighted by atomic mass is 10.2. The van der Waals surface area contributed by atoms with E-state index in [0.29, 0.717) is 0 Å². The maximum Gasteiger partial charge on any atom is 0.105 e. The molecule has 1 N–H and O–H groups in total. The summed E-state index contributed by atoms with van der Waals surface area (Å²) in [6.07, 6.45) is 2.96. The van der Waals surface area contributed by atoms with Crippen LogP contribution in [0.2, 0.25) is 0 Å². The molecule has 1 aliphatic heterocycles. The SMILES string of the molecule is FC[C@@H]1C[CH]CN1. The summed E-state index contributed by atoms with van der Waals surface area (Å²) in [4.78, 5) is 0. The first-order valence-electron chi connectivity index (χ1n) is 2.54. The van der Waals surface area contributed by atoms with Crippen LogP contribution in [0.25, 0.3) is 0 Å². The zero-order valence-corrected chi connectivity index (χ0v) is 4.15. The predicted molar refractivity (Wildman–Crippen MR) is 26.7 cm³/mol. The molecule has 1 heterocycles. The third-order valence-electron chi connectivity index (χ3n) is 1.19. The normalized spacial score (nSPS) is 31.3. The van der Waals surface area contributed by atoms with Crippen molar-refractivity contribution in [2.75, 3.05) is 13.2 Å². The van der Waals surface area contributed by atoms with Crippen molar-refractivity contribution in [3.63, 3.8) is 0 Å². The quantitative estimate of drug-likeness (QED) is 0.509. The Hall–Kier alpha value is -0.110. The predicted octanol–water partition coefficient (Wildman–Crippen LogP) is 0.522. The molecule has 0 aromatic heterocycles. The Morgan fingerprint density at radius 3 is 3.00 bits per heavy atom. The first-order chi connectivity index (χ1) is 3.43. The fraction of sp³-hybridized carbons (Fsp3) is 0.800. The minimum absolute atomic E-state index is 0.125. The zero-order chi connectivity index (χ0) is 5.11. The summed E-state index contributed by atoms with van der Waals surface area (Å²) in [5, 5.41) is 2.98. The van der Waals surface area contributed by atoms with Crippen LogP contribution in [0.3, 0.4) is 0 Å². The number of alkyl halides is 1. The average Bonchev–Trinajstić information content (AvgIpc) is 2.14. The highest BCUT2D eigenvalue weighted by Gasteiger charge is 2.12. The summed E-state index contributed by atoms with van der Waals surface area (Å²) in [7, 11) is 0. The summed E-state index contributed by atoms with van der Waals surface area (Å²) >= 11 is 0. The van der Waals surface area contributed by atoms with Gasteiger partial charge in [-0.15, -0.1) is 0 Å². The standard InChI is InChI=1S/C5H9FN/c6-4-5-2-1-3-7-5/h1,5,7H,2-4H2/t5-/m0/s1. The van der Waals surface area contributed by atoms with Gasteiger partial charge < -0.3 is 5.32 Å². The average molecular weight is 102 g/mol. The van der Waals surface area contributed by atoms with E-state index in [1.807, 2.05) is 0 Å². The number of halogens is 1. The molecule has 41 valence electrons. The van der Waals surface area contributed by atoms with Crippen molar-refractivity contribution in [2.45, 2.75) is 12.5 Å². The maximum atomic E-state index is 11.6. The Kier molecular flexibility index (Phi) is 1.63. The molecule has 1 radical (unpaired) electrons. The van der Waals surface area contributed by atoms with Crippen molar-refractivity contribution in [1.29, 1.82) is 0 Å². The zero-order valence-electron chi connectivity index (χ0n) is 4.15. The molecule has 0 saturated carbocycles. The molecule has 1 nitrogen and oxygen atoms in total. The maximum absolute atomic E-state index is 11.6. The number of rotatable bonds is 1. The summed E-state index contributed by atoms with van der Waals surface area (Å²) in [6.45, 7) is 0.658. The molecule has 0 spiro atoms. The van der Waals surface area contributed by atoms with E-state index in [-0.39, 0.29) is 12.7 Å². The molecule has 7 heavy (non-hydrogen) atoms. The van der Waals surface area contributed by atoms with Crippen LogP contribution in [0.4, 0.5) is 4.39 Å². The Bertz CT molecular complexity index is 50.0. The minimum Gasteiger partial charge on any atom is -0.311 e. The van der Waals surface area contributed by atoms with Crippen molar-refractivity contribution in [3.05, 3.63) is 6.42 Å². The third-order valence-corrected chi connectivity index (χ3v) is 1.19. The van der Waals surface area contributed by atoms with Crippen LogP contribution in [0.15, 0.2) is 0 Å². The molecule has 0 bridgehead atoms.